The van der Waals surface area contributed by atoms with Crippen molar-refractivity contribution in [3.8, 4) is 0 Å². The zero-order valence-electron chi connectivity index (χ0n) is 11.1. The maximum absolute atomic E-state index is 11.7. The van der Waals surface area contributed by atoms with Gasteiger partial charge >= 0.3 is 6.09 Å². The van der Waals surface area contributed by atoms with Crippen LogP contribution in [0.4, 0.5) is 4.79 Å². The Balaban J connectivity index is 2.31. The number of ether oxygens (including phenoxy) is 1. The lowest BCUT2D eigenvalue weighted by atomic mass is 10.0. The third-order valence-corrected chi connectivity index (χ3v) is 3.17. The van der Waals surface area contributed by atoms with Gasteiger partial charge in [0, 0.05) is 31.6 Å². The monoisotopic (exact) mass is 257 g/mol. The van der Waals surface area contributed by atoms with E-state index in [2.05, 4.69) is 5.32 Å². The highest BCUT2D eigenvalue weighted by Gasteiger charge is 2.25. The van der Waals surface area contributed by atoms with Crippen LogP contribution >= 0.6 is 0 Å². The molecule has 0 spiro atoms. The number of likely N-dealkylation sites (tertiary alicyclic amines) is 1. The van der Waals surface area contributed by atoms with Gasteiger partial charge in [-0.05, 0) is 19.8 Å². The molecule has 2 amide bonds. The first-order valence-electron chi connectivity index (χ1n) is 6.50. The SMILES string of the molecule is CCOC(=O)N1CCC(NC(=O)C(C)CN)CC1. The first kappa shape index (κ1) is 14.8. The molecule has 1 aliphatic rings. The first-order chi connectivity index (χ1) is 8.58. The van der Waals surface area contributed by atoms with Crippen LogP contribution in [0.2, 0.25) is 0 Å². The van der Waals surface area contributed by atoms with Crippen LogP contribution in [0.15, 0.2) is 0 Å². The third-order valence-electron chi connectivity index (χ3n) is 3.17. The van der Waals surface area contributed by atoms with E-state index in [1.165, 1.54) is 0 Å². The van der Waals surface area contributed by atoms with Gasteiger partial charge in [-0.3, -0.25) is 4.79 Å². The molecular weight excluding hydrogens is 234 g/mol. The van der Waals surface area contributed by atoms with Gasteiger partial charge in [0.05, 0.1) is 6.61 Å². The van der Waals surface area contributed by atoms with Crippen LogP contribution in [0, 0.1) is 5.92 Å². The van der Waals surface area contributed by atoms with Crippen LogP contribution in [0.3, 0.4) is 0 Å². The summed E-state index contributed by atoms with van der Waals surface area (Å²) in [4.78, 5) is 24.8. The molecule has 1 aliphatic heterocycles. The van der Waals surface area contributed by atoms with Crippen molar-refractivity contribution in [1.82, 2.24) is 10.2 Å². The summed E-state index contributed by atoms with van der Waals surface area (Å²) in [6, 6.07) is 0.136. The van der Waals surface area contributed by atoms with Crippen molar-refractivity contribution < 1.29 is 14.3 Å². The maximum atomic E-state index is 11.7. The van der Waals surface area contributed by atoms with Gasteiger partial charge < -0.3 is 20.7 Å². The Morgan fingerprint density at radius 3 is 2.56 bits per heavy atom. The minimum Gasteiger partial charge on any atom is -0.450 e. The fraction of sp³-hybridized carbons (Fsp3) is 0.833. The van der Waals surface area contributed by atoms with Crippen molar-refractivity contribution in [3.05, 3.63) is 0 Å². The summed E-state index contributed by atoms with van der Waals surface area (Å²) >= 11 is 0. The van der Waals surface area contributed by atoms with Gasteiger partial charge in [0.2, 0.25) is 5.91 Å². The number of carbonyl (C=O) groups is 2. The number of piperidine rings is 1. The van der Waals surface area contributed by atoms with Gasteiger partial charge in [-0.1, -0.05) is 6.92 Å². The highest BCUT2D eigenvalue weighted by molar-refractivity contribution is 5.78. The number of rotatable bonds is 4. The summed E-state index contributed by atoms with van der Waals surface area (Å²) in [7, 11) is 0. The molecule has 6 heteroatoms. The fourth-order valence-electron chi connectivity index (χ4n) is 1.87. The van der Waals surface area contributed by atoms with Crippen LogP contribution < -0.4 is 11.1 Å². The van der Waals surface area contributed by atoms with E-state index >= 15 is 0 Å². The van der Waals surface area contributed by atoms with Crippen molar-refractivity contribution in [2.75, 3.05) is 26.2 Å². The molecule has 1 saturated heterocycles. The quantitative estimate of drug-likeness (QED) is 0.759. The van der Waals surface area contributed by atoms with E-state index in [1.54, 1.807) is 11.8 Å². The van der Waals surface area contributed by atoms with Crippen molar-refractivity contribution in [2.24, 2.45) is 11.7 Å². The molecule has 0 aliphatic carbocycles. The smallest absolute Gasteiger partial charge is 0.409 e. The minimum atomic E-state index is -0.266. The van der Waals surface area contributed by atoms with Crippen molar-refractivity contribution >= 4 is 12.0 Å². The van der Waals surface area contributed by atoms with Gasteiger partial charge in [0.25, 0.3) is 0 Å². The average molecular weight is 257 g/mol. The standard InChI is InChI=1S/C12H23N3O3/c1-3-18-12(17)15-6-4-10(5-7-15)14-11(16)9(2)8-13/h9-10H,3-8,13H2,1-2H3,(H,14,16). The Labute approximate surface area is 108 Å². The zero-order chi connectivity index (χ0) is 13.5. The van der Waals surface area contributed by atoms with Crippen molar-refractivity contribution in [2.45, 2.75) is 32.7 Å². The predicted octanol–water partition coefficient (Wildman–Crippen LogP) is 0.318. The number of nitrogens with zero attached hydrogens (tertiary/aromatic N) is 1. The number of carbonyl (C=O) groups excluding carboxylic acids is 2. The van der Waals surface area contributed by atoms with Gasteiger partial charge in [-0.25, -0.2) is 4.79 Å². The lowest BCUT2D eigenvalue weighted by molar-refractivity contribution is -0.125. The molecule has 6 nitrogen and oxygen atoms in total. The molecule has 1 atom stereocenters. The minimum absolute atomic E-state index is 0.00733. The predicted molar refractivity (Wildman–Crippen MR) is 68.0 cm³/mol. The van der Waals surface area contributed by atoms with E-state index in [4.69, 9.17) is 10.5 Å². The van der Waals surface area contributed by atoms with E-state index in [1.807, 2.05) is 6.92 Å². The van der Waals surface area contributed by atoms with Crippen LogP contribution in [0.25, 0.3) is 0 Å². The maximum Gasteiger partial charge on any atom is 0.409 e. The summed E-state index contributed by atoms with van der Waals surface area (Å²) in [6.07, 6.45) is 1.27. The number of hydrogen-bond acceptors (Lipinski definition) is 4. The van der Waals surface area contributed by atoms with E-state index < -0.39 is 0 Å². The molecule has 0 bridgehead atoms. The average Bonchev–Trinajstić information content (AvgIpc) is 2.38. The molecule has 3 N–H and O–H groups in total. The number of nitrogens with two attached hydrogens (primary N) is 1. The van der Waals surface area contributed by atoms with Gasteiger partial charge in [-0.15, -0.1) is 0 Å². The van der Waals surface area contributed by atoms with Crippen LogP contribution in [0.5, 0.6) is 0 Å². The van der Waals surface area contributed by atoms with E-state index in [0.717, 1.165) is 12.8 Å². The zero-order valence-corrected chi connectivity index (χ0v) is 11.1. The van der Waals surface area contributed by atoms with E-state index in [0.29, 0.717) is 26.2 Å². The van der Waals surface area contributed by atoms with Crippen LogP contribution in [-0.2, 0) is 9.53 Å². The van der Waals surface area contributed by atoms with Crippen molar-refractivity contribution in [3.63, 3.8) is 0 Å². The molecule has 0 radical (unpaired) electrons. The highest BCUT2D eigenvalue weighted by atomic mass is 16.6. The van der Waals surface area contributed by atoms with Gasteiger partial charge in [0.15, 0.2) is 0 Å². The number of hydrogen-bond donors (Lipinski definition) is 2. The van der Waals surface area contributed by atoms with Gasteiger partial charge in [0.1, 0.15) is 0 Å². The van der Waals surface area contributed by atoms with E-state index in [9.17, 15) is 9.59 Å². The molecular formula is C12H23N3O3. The molecule has 0 aromatic heterocycles. The summed E-state index contributed by atoms with van der Waals surface area (Å²) in [6.45, 7) is 5.60. The third kappa shape index (κ3) is 4.18. The second-order valence-corrected chi connectivity index (χ2v) is 4.61. The van der Waals surface area contributed by atoms with Crippen molar-refractivity contribution in [1.29, 1.82) is 0 Å². The molecule has 18 heavy (non-hydrogen) atoms. The topological polar surface area (TPSA) is 84.7 Å². The van der Waals surface area contributed by atoms with Gasteiger partial charge in [-0.2, -0.15) is 0 Å². The number of amides is 2. The lowest BCUT2D eigenvalue weighted by Gasteiger charge is -2.32. The second kappa shape index (κ2) is 7.20. The second-order valence-electron chi connectivity index (χ2n) is 4.61. The highest BCUT2D eigenvalue weighted by Crippen LogP contribution is 2.12. The van der Waals surface area contributed by atoms with E-state index in [-0.39, 0.29) is 24.0 Å². The molecule has 1 fully saturated rings. The van der Waals surface area contributed by atoms with Crippen LogP contribution in [0.1, 0.15) is 26.7 Å². The fourth-order valence-corrected chi connectivity index (χ4v) is 1.87. The molecule has 0 aromatic rings. The Morgan fingerprint density at radius 2 is 2.06 bits per heavy atom. The number of nitrogens with one attached hydrogen (secondary N) is 1. The molecule has 0 saturated carbocycles. The molecule has 1 unspecified atom stereocenters. The summed E-state index contributed by atoms with van der Waals surface area (Å²) in [5, 5.41) is 2.96. The molecule has 1 rings (SSSR count). The Bertz CT molecular complexity index is 288. The molecule has 0 aromatic carbocycles. The Morgan fingerprint density at radius 1 is 1.44 bits per heavy atom. The largest absolute Gasteiger partial charge is 0.450 e. The summed E-state index contributed by atoms with van der Waals surface area (Å²) in [5.41, 5.74) is 5.44. The first-order valence-corrected chi connectivity index (χ1v) is 6.50. The summed E-state index contributed by atoms with van der Waals surface area (Å²) in [5.74, 6) is -0.167. The normalized spacial score (nSPS) is 18.3. The Hall–Kier alpha value is -1.30. The van der Waals surface area contributed by atoms with Crippen LogP contribution in [-0.4, -0.2) is 49.2 Å². The lowest BCUT2D eigenvalue weighted by Crippen LogP contribution is -2.48. The molecule has 104 valence electrons. The Kier molecular flexibility index (Phi) is 5.91. The molecule has 1 heterocycles. The summed E-state index contributed by atoms with van der Waals surface area (Å²) < 4.78 is 4.94.